The van der Waals surface area contributed by atoms with E-state index < -0.39 is 11.5 Å². The Kier molecular flexibility index (Phi) is 5.15. The van der Waals surface area contributed by atoms with Crippen molar-refractivity contribution in [1.82, 2.24) is 10.2 Å². The van der Waals surface area contributed by atoms with E-state index in [4.69, 9.17) is 5.73 Å². The fraction of sp³-hybridized carbons (Fsp3) is 0.556. The standard InChI is InChI=1S/C18H26BN3O3/c19-7-3-6-14-10-22(11-18(14,20)17(24)25)16(23)15-8-12-4-1-2-5-13(12)9-21-15/h1-2,4-5,14-15,21H,3,6-11,19-20H2,(H,24,25). The quantitative estimate of drug-likeness (QED) is 0.642. The fourth-order valence-corrected chi connectivity index (χ4v) is 4.00. The van der Waals surface area contributed by atoms with E-state index in [0.717, 1.165) is 19.2 Å². The highest BCUT2D eigenvalue weighted by Gasteiger charge is 2.51. The van der Waals surface area contributed by atoms with Gasteiger partial charge in [0, 0.05) is 25.6 Å². The predicted octanol–water partition coefficient (Wildman–Crippen LogP) is -0.227. The van der Waals surface area contributed by atoms with Gasteiger partial charge in [-0.1, -0.05) is 37.0 Å². The van der Waals surface area contributed by atoms with E-state index in [0.29, 0.717) is 19.5 Å². The van der Waals surface area contributed by atoms with Crippen LogP contribution in [0.2, 0.25) is 6.32 Å². The summed E-state index contributed by atoms with van der Waals surface area (Å²) in [4.78, 5) is 26.3. The van der Waals surface area contributed by atoms with Crippen LogP contribution in [0.25, 0.3) is 0 Å². The van der Waals surface area contributed by atoms with Crippen molar-refractivity contribution in [2.24, 2.45) is 11.7 Å². The van der Waals surface area contributed by atoms with Gasteiger partial charge in [0.2, 0.25) is 5.91 Å². The number of benzene rings is 1. The van der Waals surface area contributed by atoms with E-state index in [1.54, 1.807) is 4.90 Å². The molecule has 7 heteroatoms. The molecule has 1 amide bonds. The molecule has 0 spiro atoms. The van der Waals surface area contributed by atoms with E-state index in [-0.39, 0.29) is 24.4 Å². The third-order valence-corrected chi connectivity index (χ3v) is 5.62. The second kappa shape index (κ2) is 7.18. The van der Waals surface area contributed by atoms with Gasteiger partial charge in [-0.25, -0.2) is 0 Å². The van der Waals surface area contributed by atoms with Gasteiger partial charge < -0.3 is 21.1 Å². The summed E-state index contributed by atoms with van der Waals surface area (Å²) in [6.07, 6.45) is 3.29. The minimum Gasteiger partial charge on any atom is -0.480 e. The van der Waals surface area contributed by atoms with Crippen molar-refractivity contribution in [3.63, 3.8) is 0 Å². The Labute approximate surface area is 149 Å². The number of nitrogens with two attached hydrogens (primary N) is 1. The number of rotatable bonds is 5. The van der Waals surface area contributed by atoms with Gasteiger partial charge in [0.1, 0.15) is 13.4 Å². The zero-order chi connectivity index (χ0) is 18.0. The van der Waals surface area contributed by atoms with Crippen LogP contribution in [0.4, 0.5) is 0 Å². The normalized spacial score (nSPS) is 28.6. The lowest BCUT2D eigenvalue weighted by Crippen LogP contribution is -2.56. The molecule has 3 atom stereocenters. The van der Waals surface area contributed by atoms with Gasteiger partial charge >= 0.3 is 5.97 Å². The zero-order valence-electron chi connectivity index (χ0n) is 14.7. The van der Waals surface area contributed by atoms with E-state index in [1.807, 2.05) is 12.1 Å². The number of carboxylic acid groups (broad SMARTS) is 1. The minimum atomic E-state index is -1.34. The second-order valence-corrected chi connectivity index (χ2v) is 7.31. The molecule has 1 saturated heterocycles. The number of hydrogen-bond acceptors (Lipinski definition) is 4. The van der Waals surface area contributed by atoms with Crippen molar-refractivity contribution in [2.75, 3.05) is 13.1 Å². The average Bonchev–Trinajstić information content (AvgIpc) is 2.97. The van der Waals surface area contributed by atoms with E-state index in [1.165, 1.54) is 11.1 Å². The predicted molar refractivity (Wildman–Crippen MR) is 98.0 cm³/mol. The second-order valence-electron chi connectivity index (χ2n) is 7.31. The van der Waals surface area contributed by atoms with Gasteiger partial charge in [0.05, 0.1) is 6.04 Å². The Hall–Kier alpha value is -1.86. The minimum absolute atomic E-state index is 0.0374. The number of carbonyl (C=O) groups is 2. The summed E-state index contributed by atoms with van der Waals surface area (Å²) in [7, 11) is 2.07. The Balaban J connectivity index is 1.72. The van der Waals surface area contributed by atoms with Crippen molar-refractivity contribution in [3.05, 3.63) is 35.4 Å². The molecule has 6 nitrogen and oxygen atoms in total. The number of carboxylic acids is 1. The number of nitrogens with one attached hydrogen (secondary N) is 1. The first-order valence-corrected chi connectivity index (χ1v) is 9.07. The summed E-state index contributed by atoms with van der Waals surface area (Å²) in [5, 5.41) is 12.9. The van der Waals surface area contributed by atoms with Crippen molar-refractivity contribution >= 4 is 19.7 Å². The molecule has 2 aliphatic rings. The van der Waals surface area contributed by atoms with E-state index in [9.17, 15) is 14.7 Å². The molecule has 0 aliphatic carbocycles. The Morgan fingerprint density at radius 3 is 2.76 bits per heavy atom. The summed E-state index contributed by atoms with van der Waals surface area (Å²) in [5.74, 6) is -1.24. The molecule has 3 rings (SSSR count). The first-order valence-electron chi connectivity index (χ1n) is 9.07. The number of carbonyl (C=O) groups excluding carboxylic acids is 1. The molecule has 0 bridgehead atoms. The SMILES string of the molecule is BCCCC1CN(C(=O)C2Cc3ccccc3CN2)CC1(N)C(=O)O. The molecule has 3 unspecified atom stereocenters. The highest BCUT2D eigenvalue weighted by atomic mass is 16.4. The lowest BCUT2D eigenvalue weighted by Gasteiger charge is -2.29. The molecule has 0 radical (unpaired) electrons. The lowest BCUT2D eigenvalue weighted by molar-refractivity contribution is -0.144. The van der Waals surface area contributed by atoms with Gasteiger partial charge in [-0.15, -0.1) is 0 Å². The molecule has 1 aromatic rings. The number of likely N-dealkylation sites (tertiary alicyclic amines) is 1. The third kappa shape index (κ3) is 3.44. The Morgan fingerprint density at radius 2 is 2.08 bits per heavy atom. The van der Waals surface area contributed by atoms with E-state index >= 15 is 0 Å². The van der Waals surface area contributed by atoms with Crippen LogP contribution < -0.4 is 11.1 Å². The van der Waals surface area contributed by atoms with Gasteiger partial charge in [0.15, 0.2) is 0 Å². The Bertz CT molecular complexity index is 669. The van der Waals surface area contributed by atoms with Crippen molar-refractivity contribution in [2.45, 2.75) is 43.7 Å². The molecule has 1 fully saturated rings. The summed E-state index contributed by atoms with van der Waals surface area (Å²) in [6.45, 7) is 1.18. The van der Waals surface area contributed by atoms with Crippen LogP contribution in [-0.4, -0.2) is 54.4 Å². The third-order valence-electron chi connectivity index (χ3n) is 5.62. The molecule has 2 aliphatic heterocycles. The fourth-order valence-electron chi connectivity index (χ4n) is 4.00. The molecule has 4 N–H and O–H groups in total. The zero-order valence-corrected chi connectivity index (χ0v) is 14.7. The van der Waals surface area contributed by atoms with E-state index in [2.05, 4.69) is 25.3 Å². The van der Waals surface area contributed by atoms with Crippen LogP contribution in [0.3, 0.4) is 0 Å². The van der Waals surface area contributed by atoms with Crippen LogP contribution in [-0.2, 0) is 22.6 Å². The maximum absolute atomic E-state index is 13.0. The average molecular weight is 343 g/mol. The van der Waals surface area contributed by atoms with Gasteiger partial charge in [-0.2, -0.15) is 0 Å². The number of fused-ring (bicyclic) bond motifs is 1. The van der Waals surface area contributed by atoms with Crippen LogP contribution >= 0.6 is 0 Å². The smallest absolute Gasteiger partial charge is 0.325 e. The summed E-state index contributed by atoms with van der Waals surface area (Å²) < 4.78 is 0. The number of aliphatic carboxylic acids is 1. The highest BCUT2D eigenvalue weighted by molar-refractivity contribution is 6.08. The van der Waals surface area contributed by atoms with Crippen LogP contribution in [0.1, 0.15) is 24.0 Å². The molecule has 1 aromatic carbocycles. The molecule has 2 heterocycles. The van der Waals surface area contributed by atoms with Crippen LogP contribution in [0.15, 0.2) is 24.3 Å². The summed E-state index contributed by atoms with van der Waals surface area (Å²) in [5.41, 5.74) is 7.27. The molecule has 134 valence electrons. The maximum Gasteiger partial charge on any atom is 0.325 e. The monoisotopic (exact) mass is 343 g/mol. The molecular weight excluding hydrogens is 317 g/mol. The van der Waals surface area contributed by atoms with Crippen molar-refractivity contribution < 1.29 is 14.7 Å². The van der Waals surface area contributed by atoms with Crippen molar-refractivity contribution in [1.29, 1.82) is 0 Å². The largest absolute Gasteiger partial charge is 0.480 e. The number of hydrogen-bond donors (Lipinski definition) is 3. The molecule has 0 aromatic heterocycles. The van der Waals surface area contributed by atoms with Crippen LogP contribution in [0.5, 0.6) is 0 Å². The van der Waals surface area contributed by atoms with Crippen LogP contribution in [0, 0.1) is 5.92 Å². The van der Waals surface area contributed by atoms with Gasteiger partial charge in [0.25, 0.3) is 0 Å². The topological polar surface area (TPSA) is 95.7 Å². The number of nitrogens with zero attached hydrogens (tertiary/aromatic N) is 1. The van der Waals surface area contributed by atoms with Gasteiger partial charge in [-0.05, 0) is 24.0 Å². The lowest BCUT2D eigenvalue weighted by atomic mass is 9.83. The molecule has 25 heavy (non-hydrogen) atoms. The van der Waals surface area contributed by atoms with Crippen molar-refractivity contribution in [3.8, 4) is 0 Å². The summed E-state index contributed by atoms with van der Waals surface area (Å²) in [6, 6.07) is 7.79. The Morgan fingerprint density at radius 1 is 1.36 bits per heavy atom. The maximum atomic E-state index is 13.0. The molecular formula is C18H26BN3O3. The first-order chi connectivity index (χ1) is 12.0. The highest BCUT2D eigenvalue weighted by Crippen LogP contribution is 2.31. The van der Waals surface area contributed by atoms with Gasteiger partial charge in [-0.3, -0.25) is 9.59 Å². The number of amides is 1. The molecule has 0 saturated carbocycles. The summed E-state index contributed by atoms with van der Waals surface area (Å²) >= 11 is 0. The first kappa shape index (κ1) is 18.0.